The maximum absolute atomic E-state index is 11.8. The molecule has 2 aromatic carbocycles. The van der Waals surface area contributed by atoms with Crippen LogP contribution in [0.25, 0.3) is 11.1 Å². The normalized spacial score (nSPS) is 13.3. The van der Waals surface area contributed by atoms with Crippen LogP contribution in [0.2, 0.25) is 0 Å². The van der Waals surface area contributed by atoms with Crippen molar-refractivity contribution in [2.45, 2.75) is 39.7 Å². The van der Waals surface area contributed by atoms with Crippen LogP contribution in [0, 0.1) is 13.8 Å². The predicted octanol–water partition coefficient (Wildman–Crippen LogP) is 3.28. The smallest absolute Gasteiger partial charge is 0.178 e. The van der Waals surface area contributed by atoms with Crippen LogP contribution in [-0.4, -0.2) is 0 Å². The summed E-state index contributed by atoms with van der Waals surface area (Å²) in [6, 6.07) is 9.67. The number of aryl methyl sites for hydroxylation is 3. The second-order valence-corrected chi connectivity index (χ2v) is 5.90. The number of fused-ring (bicyclic) bond motifs is 3. The van der Waals surface area contributed by atoms with E-state index in [2.05, 4.69) is 26.0 Å². The molecule has 0 bridgehead atoms. The first-order valence-electron chi connectivity index (χ1n) is 7.57. The zero-order valence-electron chi connectivity index (χ0n) is 12.7. The van der Waals surface area contributed by atoms with Crippen LogP contribution >= 0.6 is 0 Å². The minimum atomic E-state index is 0.0813. The van der Waals surface area contributed by atoms with Crippen molar-refractivity contribution < 1.29 is 0 Å². The van der Waals surface area contributed by atoms with Gasteiger partial charge in [0.05, 0.1) is 0 Å². The summed E-state index contributed by atoms with van der Waals surface area (Å²) in [5.41, 5.74) is 14.9. The highest BCUT2D eigenvalue weighted by Gasteiger charge is 2.19. The van der Waals surface area contributed by atoms with E-state index >= 15 is 0 Å². The lowest BCUT2D eigenvalue weighted by Gasteiger charge is -2.18. The summed E-state index contributed by atoms with van der Waals surface area (Å²) in [5, 5.41) is 0. The molecule has 2 aromatic rings. The van der Waals surface area contributed by atoms with E-state index in [0.29, 0.717) is 6.54 Å². The summed E-state index contributed by atoms with van der Waals surface area (Å²) in [6.07, 6.45) is 3.09. The highest BCUT2D eigenvalue weighted by molar-refractivity contribution is 5.76. The standard InChI is InChI=1S/C19H21NO/c1-12-9-15-6-3-5-14-10-16(21)7-4-8-17(14)19(15)18(11-20)13(12)2/h4,7-10H,3,5-6,11,20H2,1-2H3. The highest BCUT2D eigenvalue weighted by atomic mass is 16.1. The summed E-state index contributed by atoms with van der Waals surface area (Å²) in [7, 11) is 0. The van der Waals surface area contributed by atoms with Gasteiger partial charge in [0.15, 0.2) is 5.43 Å². The predicted molar refractivity (Wildman–Crippen MR) is 87.5 cm³/mol. The summed E-state index contributed by atoms with van der Waals surface area (Å²) in [6.45, 7) is 4.84. The van der Waals surface area contributed by atoms with Gasteiger partial charge in [-0.1, -0.05) is 18.2 Å². The van der Waals surface area contributed by atoms with Gasteiger partial charge in [-0.3, -0.25) is 4.79 Å². The summed E-state index contributed by atoms with van der Waals surface area (Å²) in [4.78, 5) is 11.8. The Morgan fingerprint density at radius 2 is 1.86 bits per heavy atom. The van der Waals surface area contributed by atoms with Gasteiger partial charge in [-0.25, -0.2) is 0 Å². The molecule has 0 saturated heterocycles. The van der Waals surface area contributed by atoms with Gasteiger partial charge in [-0.2, -0.15) is 0 Å². The van der Waals surface area contributed by atoms with E-state index in [1.807, 2.05) is 6.07 Å². The molecular formula is C19H21NO. The van der Waals surface area contributed by atoms with Gasteiger partial charge in [-0.15, -0.1) is 0 Å². The molecule has 0 amide bonds. The topological polar surface area (TPSA) is 43.1 Å². The lowest BCUT2D eigenvalue weighted by molar-refractivity contribution is 0.832. The van der Waals surface area contributed by atoms with E-state index in [4.69, 9.17) is 5.73 Å². The molecule has 0 heterocycles. The Labute approximate surface area is 125 Å². The third-order valence-electron chi connectivity index (χ3n) is 4.61. The van der Waals surface area contributed by atoms with Crippen LogP contribution in [0.15, 0.2) is 35.1 Å². The molecule has 1 aliphatic rings. The van der Waals surface area contributed by atoms with Crippen molar-refractivity contribution in [1.82, 2.24) is 0 Å². The zero-order chi connectivity index (χ0) is 15.0. The number of hydrogen-bond acceptors (Lipinski definition) is 2. The van der Waals surface area contributed by atoms with E-state index in [1.54, 1.807) is 12.1 Å². The molecule has 2 nitrogen and oxygen atoms in total. The van der Waals surface area contributed by atoms with Crippen molar-refractivity contribution in [3.63, 3.8) is 0 Å². The Morgan fingerprint density at radius 1 is 1.10 bits per heavy atom. The van der Waals surface area contributed by atoms with Gasteiger partial charge in [0.25, 0.3) is 0 Å². The molecule has 3 rings (SSSR count). The third-order valence-corrected chi connectivity index (χ3v) is 4.61. The Morgan fingerprint density at radius 3 is 2.62 bits per heavy atom. The van der Waals surface area contributed by atoms with Crippen molar-refractivity contribution in [3.05, 3.63) is 68.4 Å². The molecule has 0 saturated carbocycles. The first kappa shape index (κ1) is 14.0. The molecule has 0 aliphatic heterocycles. The van der Waals surface area contributed by atoms with Gasteiger partial charge in [0.2, 0.25) is 0 Å². The Hall–Kier alpha value is -1.93. The fraction of sp³-hybridized carbons (Fsp3) is 0.316. The lowest BCUT2D eigenvalue weighted by Crippen LogP contribution is -2.06. The molecule has 0 aromatic heterocycles. The summed E-state index contributed by atoms with van der Waals surface area (Å²) < 4.78 is 0. The van der Waals surface area contributed by atoms with E-state index in [9.17, 15) is 4.79 Å². The van der Waals surface area contributed by atoms with Crippen LogP contribution in [0.5, 0.6) is 0 Å². The molecule has 0 unspecified atom stereocenters. The molecule has 21 heavy (non-hydrogen) atoms. The van der Waals surface area contributed by atoms with Crippen molar-refractivity contribution >= 4 is 0 Å². The maximum atomic E-state index is 11.8. The quantitative estimate of drug-likeness (QED) is 0.870. The average Bonchev–Trinajstić information content (AvgIpc) is 2.72. The first-order valence-corrected chi connectivity index (χ1v) is 7.57. The molecule has 2 heteroatoms. The molecule has 108 valence electrons. The molecule has 1 aliphatic carbocycles. The van der Waals surface area contributed by atoms with Gasteiger partial charge in [0, 0.05) is 6.54 Å². The van der Waals surface area contributed by atoms with E-state index in [1.165, 1.54) is 33.4 Å². The number of benzene rings is 1. The van der Waals surface area contributed by atoms with Gasteiger partial charge < -0.3 is 5.73 Å². The number of nitrogens with two attached hydrogens (primary N) is 1. The molecule has 0 radical (unpaired) electrons. The monoisotopic (exact) mass is 279 g/mol. The van der Waals surface area contributed by atoms with E-state index in [0.717, 1.165) is 24.8 Å². The van der Waals surface area contributed by atoms with Crippen molar-refractivity contribution in [3.8, 4) is 11.1 Å². The average molecular weight is 279 g/mol. The Kier molecular flexibility index (Phi) is 3.64. The number of rotatable bonds is 1. The van der Waals surface area contributed by atoms with Crippen molar-refractivity contribution in [2.24, 2.45) is 5.73 Å². The Bertz CT molecular complexity index is 762. The van der Waals surface area contributed by atoms with Gasteiger partial charge >= 0.3 is 0 Å². The minimum Gasteiger partial charge on any atom is -0.326 e. The summed E-state index contributed by atoms with van der Waals surface area (Å²) in [5.74, 6) is 0. The van der Waals surface area contributed by atoms with Gasteiger partial charge in [0.1, 0.15) is 0 Å². The fourth-order valence-electron chi connectivity index (χ4n) is 3.41. The van der Waals surface area contributed by atoms with Crippen LogP contribution in [0.3, 0.4) is 0 Å². The van der Waals surface area contributed by atoms with Gasteiger partial charge in [-0.05, 0) is 84.2 Å². The summed E-state index contributed by atoms with van der Waals surface area (Å²) >= 11 is 0. The highest BCUT2D eigenvalue weighted by Crippen LogP contribution is 2.36. The van der Waals surface area contributed by atoms with Crippen LogP contribution in [0.4, 0.5) is 0 Å². The lowest BCUT2D eigenvalue weighted by atomic mass is 9.88. The molecule has 0 spiro atoms. The SMILES string of the molecule is Cc1cc2c(c(CN)c1C)-c1cccc(=O)cc1CCC2. The fourth-order valence-corrected chi connectivity index (χ4v) is 3.41. The van der Waals surface area contributed by atoms with Crippen LogP contribution in [-0.2, 0) is 19.4 Å². The largest absolute Gasteiger partial charge is 0.326 e. The molecular weight excluding hydrogens is 258 g/mol. The second-order valence-electron chi connectivity index (χ2n) is 5.90. The van der Waals surface area contributed by atoms with Crippen molar-refractivity contribution in [2.75, 3.05) is 0 Å². The molecule has 0 atom stereocenters. The third kappa shape index (κ3) is 2.40. The van der Waals surface area contributed by atoms with E-state index in [-0.39, 0.29) is 5.43 Å². The molecule has 0 fully saturated rings. The van der Waals surface area contributed by atoms with Crippen molar-refractivity contribution in [1.29, 1.82) is 0 Å². The Balaban J connectivity index is 2.42. The van der Waals surface area contributed by atoms with E-state index < -0.39 is 0 Å². The maximum Gasteiger partial charge on any atom is 0.178 e. The van der Waals surface area contributed by atoms with Crippen LogP contribution < -0.4 is 11.2 Å². The minimum absolute atomic E-state index is 0.0813. The molecule has 2 N–H and O–H groups in total. The number of hydrogen-bond donors (Lipinski definition) is 1. The first-order chi connectivity index (χ1) is 10.1. The van der Waals surface area contributed by atoms with Crippen LogP contribution in [0.1, 0.15) is 34.2 Å². The zero-order valence-corrected chi connectivity index (χ0v) is 12.7. The second kappa shape index (κ2) is 5.45.